The number of halogens is 1. The first kappa shape index (κ1) is 22.8. The predicted molar refractivity (Wildman–Crippen MR) is 130 cm³/mol. The van der Waals surface area contributed by atoms with Gasteiger partial charge in [0.25, 0.3) is 5.91 Å². The molecule has 5 nitrogen and oxygen atoms in total. The Morgan fingerprint density at radius 3 is 2.41 bits per heavy atom. The summed E-state index contributed by atoms with van der Waals surface area (Å²) in [6, 6.07) is 23.8. The number of anilines is 1. The van der Waals surface area contributed by atoms with Crippen LogP contribution in [-0.4, -0.2) is 11.6 Å². The number of aliphatic imine (C=N–C) groups is 1. The number of carbonyl (C=O) groups excluding carboxylic acids is 1. The second-order valence-electron chi connectivity index (χ2n) is 7.29. The zero-order chi connectivity index (χ0) is 23.1. The molecule has 3 rings (SSSR count). The van der Waals surface area contributed by atoms with Crippen molar-refractivity contribution in [2.24, 2.45) is 10.7 Å². The van der Waals surface area contributed by atoms with Crippen molar-refractivity contribution < 1.29 is 4.79 Å². The molecule has 6 heteroatoms. The van der Waals surface area contributed by atoms with Gasteiger partial charge in [0.1, 0.15) is 6.07 Å². The number of allylic oxidation sites excluding steroid dienone is 2. The highest BCUT2D eigenvalue weighted by atomic mass is 35.5. The lowest BCUT2D eigenvalue weighted by atomic mass is 9.95. The summed E-state index contributed by atoms with van der Waals surface area (Å²) in [5.41, 5.74) is 11.5. The van der Waals surface area contributed by atoms with Crippen LogP contribution in [0.15, 0.2) is 89.1 Å². The van der Waals surface area contributed by atoms with E-state index in [1.54, 1.807) is 24.3 Å². The van der Waals surface area contributed by atoms with Gasteiger partial charge in [0, 0.05) is 29.1 Å². The maximum absolute atomic E-state index is 12.9. The van der Waals surface area contributed by atoms with E-state index in [9.17, 15) is 4.79 Å². The topological polar surface area (TPSA) is 91.3 Å². The molecule has 0 radical (unpaired) electrons. The number of amides is 1. The molecule has 3 N–H and O–H groups in total. The van der Waals surface area contributed by atoms with Gasteiger partial charge in [-0.3, -0.25) is 9.79 Å². The third-order valence-corrected chi connectivity index (χ3v) is 5.26. The van der Waals surface area contributed by atoms with E-state index < -0.39 is 0 Å². The maximum Gasteiger partial charge on any atom is 0.255 e. The molecule has 32 heavy (non-hydrogen) atoms. The van der Waals surface area contributed by atoms with E-state index in [0.29, 0.717) is 39.7 Å². The SMILES string of the molecule is CC(=Nc1ccc(C#N)c(Cl)c1)C(Cc1ccccc1C(=O)Nc1ccccc1)=C(C)N. The van der Waals surface area contributed by atoms with E-state index in [4.69, 9.17) is 22.6 Å². The van der Waals surface area contributed by atoms with Gasteiger partial charge >= 0.3 is 0 Å². The number of benzene rings is 3. The van der Waals surface area contributed by atoms with E-state index >= 15 is 0 Å². The smallest absolute Gasteiger partial charge is 0.255 e. The summed E-state index contributed by atoms with van der Waals surface area (Å²) in [7, 11) is 0. The molecule has 0 atom stereocenters. The quantitative estimate of drug-likeness (QED) is 0.456. The lowest BCUT2D eigenvalue weighted by Crippen LogP contribution is -2.16. The summed E-state index contributed by atoms with van der Waals surface area (Å²) in [6.45, 7) is 3.68. The summed E-state index contributed by atoms with van der Waals surface area (Å²) in [5.74, 6) is -0.186. The molecule has 3 aromatic rings. The highest BCUT2D eigenvalue weighted by Crippen LogP contribution is 2.24. The van der Waals surface area contributed by atoms with Crippen molar-refractivity contribution in [3.8, 4) is 6.07 Å². The number of hydrogen-bond donors (Lipinski definition) is 2. The molecule has 160 valence electrons. The molecule has 3 aromatic carbocycles. The van der Waals surface area contributed by atoms with Crippen LogP contribution in [0, 0.1) is 11.3 Å². The van der Waals surface area contributed by atoms with Crippen LogP contribution in [0.1, 0.15) is 35.3 Å². The molecule has 0 fully saturated rings. The van der Waals surface area contributed by atoms with E-state index in [-0.39, 0.29) is 5.91 Å². The molecule has 0 unspecified atom stereocenters. The van der Waals surface area contributed by atoms with Crippen LogP contribution in [0.2, 0.25) is 5.02 Å². The molecule has 0 bridgehead atoms. The highest BCUT2D eigenvalue weighted by molar-refractivity contribution is 6.32. The van der Waals surface area contributed by atoms with Gasteiger partial charge in [-0.2, -0.15) is 5.26 Å². The molecular formula is C26H23ClN4O. The number of nitrogens with two attached hydrogens (primary N) is 1. The molecule has 0 spiro atoms. The van der Waals surface area contributed by atoms with Gasteiger partial charge < -0.3 is 11.1 Å². The van der Waals surface area contributed by atoms with Crippen molar-refractivity contribution >= 4 is 34.6 Å². The zero-order valence-corrected chi connectivity index (χ0v) is 18.6. The molecule has 0 aromatic heterocycles. The van der Waals surface area contributed by atoms with Crippen LogP contribution in [0.5, 0.6) is 0 Å². The molecule has 0 aliphatic carbocycles. The Bertz CT molecular complexity index is 1240. The summed E-state index contributed by atoms with van der Waals surface area (Å²) in [6.07, 6.45) is 0.445. The number of carbonyl (C=O) groups is 1. The van der Waals surface area contributed by atoms with Gasteiger partial charge in [-0.05, 0) is 61.4 Å². The van der Waals surface area contributed by atoms with E-state index in [2.05, 4.69) is 10.3 Å². The Hall–Kier alpha value is -3.88. The van der Waals surface area contributed by atoms with Crippen molar-refractivity contribution in [3.05, 3.63) is 106 Å². The number of hydrogen-bond acceptors (Lipinski definition) is 4. The van der Waals surface area contributed by atoms with Gasteiger partial charge in [0.05, 0.1) is 16.3 Å². The van der Waals surface area contributed by atoms with Crippen molar-refractivity contribution in [2.45, 2.75) is 20.3 Å². The largest absolute Gasteiger partial charge is 0.402 e. The zero-order valence-electron chi connectivity index (χ0n) is 17.9. The third kappa shape index (κ3) is 5.63. The van der Waals surface area contributed by atoms with Crippen LogP contribution < -0.4 is 11.1 Å². The standard InChI is InChI=1S/C26H23ClN4O/c1-17(29)24(18(2)30-22-13-12-20(16-28)25(27)15-22)14-19-8-6-7-11-23(19)26(32)31-21-9-4-3-5-10-21/h3-13,15H,14,29H2,1-2H3,(H,31,32). The Labute approximate surface area is 192 Å². The van der Waals surface area contributed by atoms with Crippen molar-refractivity contribution in [2.75, 3.05) is 5.32 Å². The van der Waals surface area contributed by atoms with Gasteiger partial charge in [0.15, 0.2) is 0 Å². The first-order valence-electron chi connectivity index (χ1n) is 10.0. The first-order chi connectivity index (χ1) is 15.4. The van der Waals surface area contributed by atoms with Gasteiger partial charge in [-0.15, -0.1) is 0 Å². The van der Waals surface area contributed by atoms with Crippen LogP contribution in [0.25, 0.3) is 0 Å². The molecule has 0 aliphatic rings. The molecule has 0 heterocycles. The van der Waals surface area contributed by atoms with E-state index in [0.717, 1.165) is 16.8 Å². The minimum atomic E-state index is -0.186. The van der Waals surface area contributed by atoms with Crippen LogP contribution in [-0.2, 0) is 6.42 Å². The third-order valence-electron chi connectivity index (χ3n) is 4.94. The normalized spacial score (nSPS) is 12.0. The number of para-hydroxylation sites is 1. The summed E-state index contributed by atoms with van der Waals surface area (Å²) in [5, 5.41) is 12.3. The van der Waals surface area contributed by atoms with E-state index in [1.165, 1.54) is 0 Å². The lowest BCUT2D eigenvalue weighted by molar-refractivity contribution is 0.102. The Balaban J connectivity index is 1.89. The Kier molecular flexibility index (Phi) is 7.43. The Morgan fingerprint density at radius 2 is 1.75 bits per heavy atom. The van der Waals surface area contributed by atoms with Crippen molar-refractivity contribution in [1.82, 2.24) is 0 Å². The second kappa shape index (κ2) is 10.4. The average Bonchev–Trinajstić information content (AvgIpc) is 2.78. The van der Waals surface area contributed by atoms with Crippen LogP contribution >= 0.6 is 11.6 Å². The predicted octanol–water partition coefficient (Wildman–Crippen LogP) is 6.03. The van der Waals surface area contributed by atoms with Gasteiger partial charge in [-0.25, -0.2) is 0 Å². The molecule has 0 aliphatic heterocycles. The van der Waals surface area contributed by atoms with Gasteiger partial charge in [-0.1, -0.05) is 48.0 Å². The fourth-order valence-electron chi connectivity index (χ4n) is 3.28. The number of rotatable bonds is 6. The second-order valence-corrected chi connectivity index (χ2v) is 7.70. The summed E-state index contributed by atoms with van der Waals surface area (Å²) < 4.78 is 0. The first-order valence-corrected chi connectivity index (χ1v) is 10.4. The molecule has 1 amide bonds. The lowest BCUT2D eigenvalue weighted by Gasteiger charge is -2.14. The summed E-state index contributed by atoms with van der Waals surface area (Å²) >= 11 is 6.13. The van der Waals surface area contributed by atoms with Crippen LogP contribution in [0.4, 0.5) is 11.4 Å². The van der Waals surface area contributed by atoms with E-state index in [1.807, 2.05) is 68.4 Å². The molecule has 0 saturated heterocycles. The monoisotopic (exact) mass is 442 g/mol. The Morgan fingerprint density at radius 1 is 1.06 bits per heavy atom. The summed E-state index contributed by atoms with van der Waals surface area (Å²) in [4.78, 5) is 17.6. The van der Waals surface area contributed by atoms with Crippen molar-refractivity contribution in [1.29, 1.82) is 5.26 Å². The molecule has 0 saturated carbocycles. The molecular weight excluding hydrogens is 420 g/mol. The fraction of sp³-hybridized carbons (Fsp3) is 0.115. The number of nitrogens with one attached hydrogen (secondary N) is 1. The maximum atomic E-state index is 12.9. The average molecular weight is 443 g/mol. The van der Waals surface area contributed by atoms with Crippen LogP contribution in [0.3, 0.4) is 0 Å². The number of nitrogens with zero attached hydrogens (tertiary/aromatic N) is 2. The van der Waals surface area contributed by atoms with Crippen molar-refractivity contribution in [3.63, 3.8) is 0 Å². The van der Waals surface area contributed by atoms with Gasteiger partial charge in [0.2, 0.25) is 0 Å². The fourth-order valence-corrected chi connectivity index (χ4v) is 3.50. The highest BCUT2D eigenvalue weighted by Gasteiger charge is 2.15. The minimum absolute atomic E-state index is 0.186. The minimum Gasteiger partial charge on any atom is -0.402 e. The number of nitriles is 1.